The van der Waals surface area contributed by atoms with E-state index in [1.54, 1.807) is 47.2 Å². The van der Waals surface area contributed by atoms with Crippen LogP contribution in [0.3, 0.4) is 0 Å². The second-order valence-corrected chi connectivity index (χ2v) is 9.98. The Morgan fingerprint density at radius 2 is 2.03 bits per heavy atom. The Kier molecular flexibility index (Phi) is 6.95. The number of aromatic amines is 1. The third-order valence-corrected chi connectivity index (χ3v) is 7.70. The van der Waals surface area contributed by atoms with Gasteiger partial charge < -0.3 is 14.6 Å². The zero-order valence-electron chi connectivity index (χ0n) is 18.1. The second-order valence-electron chi connectivity index (χ2n) is 7.79. The van der Waals surface area contributed by atoms with Crippen molar-refractivity contribution in [1.29, 1.82) is 0 Å². The first kappa shape index (κ1) is 22.5. The predicted octanol–water partition coefficient (Wildman–Crippen LogP) is 3.54. The summed E-state index contributed by atoms with van der Waals surface area (Å²) in [5.74, 6) is 1.54. The van der Waals surface area contributed by atoms with Crippen LogP contribution in [0.5, 0.6) is 0 Å². The zero-order valence-corrected chi connectivity index (χ0v) is 19.7. The summed E-state index contributed by atoms with van der Waals surface area (Å²) in [6, 6.07) is 7.04. The number of hydrogen-bond acceptors (Lipinski definition) is 7. The van der Waals surface area contributed by atoms with Gasteiger partial charge in [0.15, 0.2) is 0 Å². The van der Waals surface area contributed by atoms with Crippen LogP contribution < -0.4 is 5.56 Å². The van der Waals surface area contributed by atoms with Gasteiger partial charge in [0, 0.05) is 30.6 Å². The maximum Gasteiger partial charge on any atom is 0.337 e. The number of fused-ring (bicyclic) bond motifs is 3. The van der Waals surface area contributed by atoms with E-state index in [-0.39, 0.29) is 17.4 Å². The first-order chi connectivity index (χ1) is 15.5. The lowest BCUT2D eigenvalue weighted by Crippen LogP contribution is -2.26. The molecule has 0 radical (unpaired) electrons. The molecule has 1 N–H and O–H groups in total. The van der Waals surface area contributed by atoms with E-state index in [1.807, 2.05) is 12.1 Å². The largest absolute Gasteiger partial charge is 0.465 e. The number of benzene rings is 1. The molecule has 7 nitrogen and oxygen atoms in total. The highest BCUT2D eigenvalue weighted by Crippen LogP contribution is 2.34. The number of ether oxygens (including phenoxy) is 1. The highest BCUT2D eigenvalue weighted by atomic mass is 32.2. The monoisotopic (exact) mass is 471 g/mol. The van der Waals surface area contributed by atoms with E-state index in [1.165, 1.54) is 17.6 Å². The fourth-order valence-electron chi connectivity index (χ4n) is 3.86. The van der Waals surface area contributed by atoms with Gasteiger partial charge in [-0.3, -0.25) is 9.59 Å². The Bertz CT molecular complexity index is 1200. The van der Waals surface area contributed by atoms with Crippen molar-refractivity contribution in [1.82, 2.24) is 14.9 Å². The van der Waals surface area contributed by atoms with Crippen LogP contribution in [0.25, 0.3) is 10.2 Å². The molecule has 0 fully saturated rings. The van der Waals surface area contributed by atoms with E-state index in [9.17, 15) is 14.4 Å². The molecule has 1 aromatic carbocycles. The van der Waals surface area contributed by atoms with Crippen LogP contribution in [0.4, 0.5) is 0 Å². The number of carbonyl (C=O) groups is 2. The number of aryl methyl sites for hydroxylation is 2. The summed E-state index contributed by atoms with van der Waals surface area (Å²) >= 11 is 3.23. The number of amides is 1. The van der Waals surface area contributed by atoms with E-state index >= 15 is 0 Å². The van der Waals surface area contributed by atoms with Crippen LogP contribution in [-0.4, -0.2) is 46.7 Å². The van der Waals surface area contributed by atoms with Crippen molar-refractivity contribution in [3.8, 4) is 0 Å². The van der Waals surface area contributed by atoms with E-state index in [2.05, 4.69) is 9.97 Å². The van der Waals surface area contributed by atoms with Crippen molar-refractivity contribution >= 4 is 45.2 Å². The number of thioether (sulfide) groups is 1. The third kappa shape index (κ3) is 4.88. The SMILES string of the molecule is COC(=O)c1ccc(CN(C)C(=O)CCSCc2nc3sc4c(c3c(=O)[nH]2)CCC4)cc1. The van der Waals surface area contributed by atoms with Gasteiger partial charge in [0.2, 0.25) is 5.91 Å². The summed E-state index contributed by atoms with van der Waals surface area (Å²) in [7, 11) is 3.12. The van der Waals surface area contributed by atoms with Crippen molar-refractivity contribution in [2.75, 3.05) is 19.9 Å². The lowest BCUT2D eigenvalue weighted by Gasteiger charge is -2.17. The number of H-pyrrole nitrogens is 1. The third-order valence-electron chi connectivity index (χ3n) is 5.54. The lowest BCUT2D eigenvalue weighted by atomic mass is 10.1. The van der Waals surface area contributed by atoms with E-state index in [0.29, 0.717) is 35.9 Å². The Morgan fingerprint density at radius 1 is 1.25 bits per heavy atom. The van der Waals surface area contributed by atoms with Gasteiger partial charge in [0.25, 0.3) is 5.56 Å². The van der Waals surface area contributed by atoms with Crippen LogP contribution in [-0.2, 0) is 34.7 Å². The molecule has 0 saturated heterocycles. The number of aromatic nitrogens is 2. The molecule has 1 aliphatic rings. The standard InChI is InChI=1S/C23H25N3O4S2/c1-26(12-14-6-8-15(9-7-14)23(29)30-2)19(27)10-11-31-13-18-24-21(28)20-16-4-3-5-17(16)32-22(20)25-18/h6-9H,3-5,10-13H2,1-2H3,(H,24,25,28). The number of hydrogen-bond donors (Lipinski definition) is 1. The number of carbonyl (C=O) groups excluding carboxylic acids is 2. The van der Waals surface area contributed by atoms with Gasteiger partial charge in [-0.25, -0.2) is 9.78 Å². The maximum atomic E-state index is 12.5. The molecule has 0 spiro atoms. The van der Waals surface area contributed by atoms with Gasteiger partial charge in [0.1, 0.15) is 10.7 Å². The van der Waals surface area contributed by atoms with Crippen LogP contribution in [0, 0.1) is 0 Å². The van der Waals surface area contributed by atoms with E-state index in [4.69, 9.17) is 4.74 Å². The Labute approximate surface area is 194 Å². The molecule has 0 aliphatic heterocycles. The van der Waals surface area contributed by atoms with Gasteiger partial charge in [-0.2, -0.15) is 11.8 Å². The van der Waals surface area contributed by atoms with Crippen molar-refractivity contribution in [2.24, 2.45) is 0 Å². The predicted molar refractivity (Wildman–Crippen MR) is 127 cm³/mol. The molecule has 1 aliphatic carbocycles. The molecule has 3 aromatic rings. The lowest BCUT2D eigenvalue weighted by molar-refractivity contribution is -0.129. The number of nitrogens with zero attached hydrogens (tertiary/aromatic N) is 2. The van der Waals surface area contributed by atoms with E-state index < -0.39 is 0 Å². The molecule has 0 bridgehead atoms. The van der Waals surface area contributed by atoms with E-state index in [0.717, 1.165) is 35.0 Å². The molecule has 0 atom stereocenters. The van der Waals surface area contributed by atoms with Crippen LogP contribution in [0.1, 0.15) is 45.0 Å². The van der Waals surface area contributed by atoms with Crippen LogP contribution in [0.15, 0.2) is 29.1 Å². The second kappa shape index (κ2) is 9.87. The zero-order chi connectivity index (χ0) is 22.7. The number of nitrogens with one attached hydrogen (secondary N) is 1. The minimum absolute atomic E-state index is 0.0426. The molecule has 4 rings (SSSR count). The Hall–Kier alpha value is -2.65. The summed E-state index contributed by atoms with van der Waals surface area (Å²) in [5, 5.41) is 0.771. The Balaban J connectivity index is 1.26. The first-order valence-electron chi connectivity index (χ1n) is 10.5. The van der Waals surface area contributed by atoms with Gasteiger partial charge >= 0.3 is 5.97 Å². The van der Waals surface area contributed by atoms with Gasteiger partial charge in [0.05, 0.1) is 23.8 Å². The minimum Gasteiger partial charge on any atom is -0.465 e. The fraction of sp³-hybridized carbons (Fsp3) is 0.391. The summed E-state index contributed by atoms with van der Waals surface area (Å²) < 4.78 is 4.69. The normalized spacial score (nSPS) is 12.7. The molecule has 32 heavy (non-hydrogen) atoms. The quantitative estimate of drug-likeness (QED) is 0.399. The van der Waals surface area contributed by atoms with Crippen LogP contribution in [0.2, 0.25) is 0 Å². The molecule has 1 amide bonds. The van der Waals surface area contributed by atoms with Gasteiger partial charge in [-0.1, -0.05) is 12.1 Å². The molecule has 2 heterocycles. The first-order valence-corrected chi connectivity index (χ1v) is 12.5. The summed E-state index contributed by atoms with van der Waals surface area (Å²) in [5.41, 5.74) is 2.57. The molecule has 0 unspecified atom stereocenters. The van der Waals surface area contributed by atoms with Crippen molar-refractivity contribution in [3.05, 3.63) is 62.0 Å². The van der Waals surface area contributed by atoms with Crippen molar-refractivity contribution < 1.29 is 14.3 Å². The molecular formula is C23H25N3O4S2. The minimum atomic E-state index is -0.379. The van der Waals surface area contributed by atoms with Crippen molar-refractivity contribution in [3.63, 3.8) is 0 Å². The smallest absolute Gasteiger partial charge is 0.337 e. The number of esters is 1. The van der Waals surface area contributed by atoms with Gasteiger partial charge in [-0.15, -0.1) is 11.3 Å². The Morgan fingerprint density at radius 3 is 2.78 bits per heavy atom. The average molecular weight is 472 g/mol. The molecule has 2 aromatic heterocycles. The summed E-state index contributed by atoms with van der Waals surface area (Å²) in [6.45, 7) is 0.472. The summed E-state index contributed by atoms with van der Waals surface area (Å²) in [4.78, 5) is 47.9. The molecule has 168 valence electrons. The topological polar surface area (TPSA) is 92.4 Å². The van der Waals surface area contributed by atoms with Crippen molar-refractivity contribution in [2.45, 2.75) is 38.0 Å². The number of methoxy groups -OCH3 is 1. The molecule has 9 heteroatoms. The number of thiophene rings is 1. The highest BCUT2D eigenvalue weighted by molar-refractivity contribution is 7.98. The average Bonchev–Trinajstić information content (AvgIpc) is 3.37. The van der Waals surface area contributed by atoms with Gasteiger partial charge in [-0.05, 0) is 42.5 Å². The highest BCUT2D eigenvalue weighted by Gasteiger charge is 2.21. The maximum absolute atomic E-state index is 12.5. The molecule has 0 saturated carbocycles. The number of rotatable bonds is 8. The van der Waals surface area contributed by atoms with Crippen LogP contribution >= 0.6 is 23.1 Å². The molecular weight excluding hydrogens is 446 g/mol. The fourth-order valence-corrected chi connectivity index (χ4v) is 5.93. The summed E-state index contributed by atoms with van der Waals surface area (Å²) in [6.07, 6.45) is 3.54.